The SMILES string of the molecule is C[C@H](CCc1ccccc1)NS(=O)(=O)c1ccc(F)c([N+](=O)[O-])c1. The molecule has 2 aromatic rings. The van der Waals surface area contributed by atoms with Gasteiger partial charge in [0, 0.05) is 12.1 Å². The van der Waals surface area contributed by atoms with Crippen molar-refractivity contribution in [2.24, 2.45) is 0 Å². The van der Waals surface area contributed by atoms with Gasteiger partial charge in [0.25, 0.3) is 0 Å². The van der Waals surface area contributed by atoms with Gasteiger partial charge in [-0.15, -0.1) is 0 Å². The minimum Gasteiger partial charge on any atom is -0.258 e. The first-order chi connectivity index (χ1) is 11.3. The molecule has 0 spiro atoms. The van der Waals surface area contributed by atoms with Crippen LogP contribution < -0.4 is 4.72 Å². The summed E-state index contributed by atoms with van der Waals surface area (Å²) < 4.78 is 40.3. The summed E-state index contributed by atoms with van der Waals surface area (Å²) in [7, 11) is -3.96. The average Bonchev–Trinajstić information content (AvgIpc) is 2.53. The van der Waals surface area contributed by atoms with E-state index in [-0.39, 0.29) is 10.9 Å². The van der Waals surface area contributed by atoms with Crippen molar-refractivity contribution in [1.29, 1.82) is 0 Å². The van der Waals surface area contributed by atoms with E-state index in [2.05, 4.69) is 4.72 Å². The zero-order valence-corrected chi connectivity index (χ0v) is 13.8. The normalized spacial score (nSPS) is 12.8. The number of nitro benzene ring substituents is 1. The van der Waals surface area contributed by atoms with Gasteiger partial charge in [-0.2, -0.15) is 4.39 Å². The van der Waals surface area contributed by atoms with E-state index in [4.69, 9.17) is 0 Å². The number of nitrogens with one attached hydrogen (secondary N) is 1. The van der Waals surface area contributed by atoms with Gasteiger partial charge in [-0.1, -0.05) is 30.3 Å². The smallest absolute Gasteiger partial charge is 0.258 e. The third kappa shape index (κ3) is 4.59. The molecule has 0 saturated carbocycles. The summed E-state index contributed by atoms with van der Waals surface area (Å²) in [4.78, 5) is 9.45. The molecule has 0 amide bonds. The molecule has 24 heavy (non-hydrogen) atoms. The predicted octanol–water partition coefficient (Wildman–Crippen LogP) is 3.03. The number of hydrogen-bond acceptors (Lipinski definition) is 4. The van der Waals surface area contributed by atoms with Gasteiger partial charge in [-0.05, 0) is 37.5 Å². The van der Waals surface area contributed by atoms with Crippen molar-refractivity contribution in [2.45, 2.75) is 30.7 Å². The molecule has 2 rings (SSSR count). The lowest BCUT2D eigenvalue weighted by Gasteiger charge is -2.14. The molecule has 0 aromatic heterocycles. The standard InChI is InChI=1S/C16H17FN2O4S/c1-12(7-8-13-5-3-2-4-6-13)18-24(22,23)14-9-10-15(17)16(11-14)19(20)21/h2-6,9-12,18H,7-8H2,1H3/t12-/m1/s1. The largest absolute Gasteiger partial charge is 0.306 e. The van der Waals surface area contributed by atoms with E-state index < -0.39 is 26.5 Å². The first-order valence-electron chi connectivity index (χ1n) is 7.30. The molecule has 0 bridgehead atoms. The third-order valence-electron chi connectivity index (χ3n) is 3.49. The molecule has 8 heteroatoms. The molecular weight excluding hydrogens is 335 g/mol. The van der Waals surface area contributed by atoms with Crippen LogP contribution in [-0.4, -0.2) is 19.4 Å². The quantitative estimate of drug-likeness (QED) is 0.613. The second-order valence-electron chi connectivity index (χ2n) is 5.42. The Balaban J connectivity index is 2.07. The Kier molecular flexibility index (Phi) is 5.63. The average molecular weight is 352 g/mol. The van der Waals surface area contributed by atoms with Gasteiger partial charge >= 0.3 is 5.69 Å². The molecule has 0 heterocycles. The van der Waals surface area contributed by atoms with Crippen molar-refractivity contribution in [3.05, 3.63) is 70.0 Å². The van der Waals surface area contributed by atoms with E-state index in [1.807, 2.05) is 30.3 Å². The van der Waals surface area contributed by atoms with Crippen LogP contribution >= 0.6 is 0 Å². The van der Waals surface area contributed by atoms with Gasteiger partial charge in [-0.25, -0.2) is 13.1 Å². The Labute approximate surface area is 139 Å². The molecule has 0 aliphatic rings. The molecule has 0 aliphatic carbocycles. The summed E-state index contributed by atoms with van der Waals surface area (Å²) in [6.07, 6.45) is 1.25. The molecule has 0 unspecified atom stereocenters. The Morgan fingerprint density at radius 2 is 1.88 bits per heavy atom. The van der Waals surface area contributed by atoms with Crippen molar-refractivity contribution in [3.63, 3.8) is 0 Å². The van der Waals surface area contributed by atoms with Gasteiger partial charge in [0.15, 0.2) is 0 Å². The van der Waals surface area contributed by atoms with E-state index in [0.29, 0.717) is 12.8 Å². The maximum Gasteiger partial charge on any atom is 0.306 e. The number of nitro groups is 1. The topological polar surface area (TPSA) is 89.3 Å². The van der Waals surface area contributed by atoms with Crippen LogP contribution in [0.2, 0.25) is 0 Å². The summed E-state index contributed by atoms with van der Waals surface area (Å²) in [6.45, 7) is 1.71. The highest BCUT2D eigenvalue weighted by Gasteiger charge is 2.22. The molecular formula is C16H17FN2O4S. The lowest BCUT2D eigenvalue weighted by Crippen LogP contribution is -2.33. The third-order valence-corrected chi connectivity index (χ3v) is 5.08. The zero-order valence-electron chi connectivity index (χ0n) is 13.0. The number of sulfonamides is 1. The maximum absolute atomic E-state index is 13.3. The number of rotatable bonds is 7. The van der Waals surface area contributed by atoms with Gasteiger partial charge < -0.3 is 0 Å². The minimum absolute atomic E-state index is 0.331. The van der Waals surface area contributed by atoms with Crippen LogP contribution in [-0.2, 0) is 16.4 Å². The van der Waals surface area contributed by atoms with Crippen LogP contribution in [0.4, 0.5) is 10.1 Å². The van der Waals surface area contributed by atoms with Gasteiger partial charge in [0.05, 0.1) is 9.82 Å². The van der Waals surface area contributed by atoms with E-state index in [0.717, 1.165) is 23.8 Å². The number of aryl methyl sites for hydroxylation is 1. The number of nitrogens with zero attached hydrogens (tertiary/aromatic N) is 1. The summed E-state index contributed by atoms with van der Waals surface area (Å²) in [6, 6.07) is 11.7. The second kappa shape index (κ2) is 7.50. The molecule has 0 saturated heterocycles. The first-order valence-corrected chi connectivity index (χ1v) is 8.78. The minimum atomic E-state index is -3.96. The Morgan fingerprint density at radius 3 is 2.50 bits per heavy atom. The Bertz CT molecular complexity index is 825. The van der Waals surface area contributed by atoms with Gasteiger partial charge in [0.2, 0.25) is 15.8 Å². The Hall–Kier alpha value is -2.32. The summed E-state index contributed by atoms with van der Waals surface area (Å²) >= 11 is 0. The molecule has 0 aliphatic heterocycles. The fourth-order valence-electron chi connectivity index (χ4n) is 2.22. The van der Waals surface area contributed by atoms with Crippen LogP contribution in [0.15, 0.2) is 53.4 Å². The first kappa shape index (κ1) is 18.0. The van der Waals surface area contributed by atoms with Crippen molar-refractivity contribution < 1.29 is 17.7 Å². The summed E-state index contributed by atoms with van der Waals surface area (Å²) in [5.74, 6) is -1.07. The van der Waals surface area contributed by atoms with Crippen LogP contribution in [0.1, 0.15) is 18.9 Å². The molecule has 1 N–H and O–H groups in total. The fraction of sp³-hybridized carbons (Fsp3) is 0.250. The van der Waals surface area contributed by atoms with Gasteiger partial charge in [0.1, 0.15) is 0 Å². The van der Waals surface area contributed by atoms with Crippen molar-refractivity contribution in [1.82, 2.24) is 4.72 Å². The van der Waals surface area contributed by atoms with E-state index >= 15 is 0 Å². The number of hydrogen-bond donors (Lipinski definition) is 1. The molecule has 0 radical (unpaired) electrons. The van der Waals surface area contributed by atoms with Crippen LogP contribution in [0, 0.1) is 15.9 Å². The predicted molar refractivity (Wildman–Crippen MR) is 87.6 cm³/mol. The monoisotopic (exact) mass is 352 g/mol. The zero-order chi connectivity index (χ0) is 17.7. The highest BCUT2D eigenvalue weighted by atomic mass is 32.2. The van der Waals surface area contributed by atoms with Crippen LogP contribution in [0.25, 0.3) is 0 Å². The number of benzene rings is 2. The molecule has 0 fully saturated rings. The second-order valence-corrected chi connectivity index (χ2v) is 7.13. The van der Waals surface area contributed by atoms with Crippen molar-refractivity contribution >= 4 is 15.7 Å². The van der Waals surface area contributed by atoms with Gasteiger partial charge in [-0.3, -0.25) is 10.1 Å². The van der Waals surface area contributed by atoms with Crippen LogP contribution in [0.5, 0.6) is 0 Å². The van der Waals surface area contributed by atoms with E-state index in [9.17, 15) is 22.9 Å². The highest BCUT2D eigenvalue weighted by molar-refractivity contribution is 7.89. The lowest BCUT2D eigenvalue weighted by molar-refractivity contribution is -0.387. The Morgan fingerprint density at radius 1 is 1.21 bits per heavy atom. The summed E-state index contributed by atoms with van der Waals surface area (Å²) in [5, 5.41) is 10.7. The molecule has 2 aromatic carbocycles. The lowest BCUT2D eigenvalue weighted by atomic mass is 10.1. The molecule has 1 atom stereocenters. The van der Waals surface area contributed by atoms with Crippen LogP contribution in [0.3, 0.4) is 0 Å². The van der Waals surface area contributed by atoms with Crippen molar-refractivity contribution in [3.8, 4) is 0 Å². The van der Waals surface area contributed by atoms with E-state index in [1.54, 1.807) is 6.92 Å². The van der Waals surface area contributed by atoms with Crippen molar-refractivity contribution in [2.75, 3.05) is 0 Å². The number of halogens is 1. The molecule has 128 valence electrons. The fourth-order valence-corrected chi connectivity index (χ4v) is 3.52. The molecule has 6 nitrogen and oxygen atoms in total. The maximum atomic E-state index is 13.3. The van der Waals surface area contributed by atoms with E-state index in [1.165, 1.54) is 0 Å². The summed E-state index contributed by atoms with van der Waals surface area (Å²) in [5.41, 5.74) is 0.218. The highest BCUT2D eigenvalue weighted by Crippen LogP contribution is 2.21.